The highest BCUT2D eigenvalue weighted by Crippen LogP contribution is 2.11. The third-order valence-electron chi connectivity index (χ3n) is 2.30. The van der Waals surface area contributed by atoms with E-state index in [9.17, 15) is 18.0 Å². The fourth-order valence-corrected chi connectivity index (χ4v) is 2.63. The van der Waals surface area contributed by atoms with Gasteiger partial charge in [0.05, 0.1) is 6.61 Å². The molecule has 0 saturated carbocycles. The molecule has 0 heterocycles. The number of esters is 1. The lowest BCUT2D eigenvalue weighted by Crippen LogP contribution is -2.35. The van der Waals surface area contributed by atoms with Gasteiger partial charge in [-0.2, -0.15) is 8.42 Å². The molecule has 0 aliphatic rings. The zero-order valence-electron chi connectivity index (χ0n) is 11.2. The van der Waals surface area contributed by atoms with Crippen LogP contribution in [0.4, 0.5) is 0 Å². The summed E-state index contributed by atoms with van der Waals surface area (Å²) in [6, 6.07) is 8.31. The van der Waals surface area contributed by atoms with Gasteiger partial charge in [0.15, 0.2) is 5.78 Å². The topological polar surface area (TPSA) is 86.7 Å². The van der Waals surface area contributed by atoms with Crippen molar-refractivity contribution in [2.75, 3.05) is 6.61 Å². The van der Waals surface area contributed by atoms with Gasteiger partial charge >= 0.3 is 5.97 Å². The Kier molecular flexibility index (Phi) is 5.84. The van der Waals surface area contributed by atoms with Crippen molar-refractivity contribution in [2.45, 2.75) is 25.7 Å². The third-order valence-corrected chi connectivity index (χ3v) is 3.47. The number of rotatable bonds is 7. The molecule has 0 radical (unpaired) electrons. The van der Waals surface area contributed by atoms with Gasteiger partial charge in [-0.25, -0.2) is 8.98 Å². The van der Waals surface area contributed by atoms with Crippen molar-refractivity contribution in [1.29, 1.82) is 0 Å². The number of carbonyl (C=O) groups is 2. The first-order chi connectivity index (χ1) is 9.35. The van der Waals surface area contributed by atoms with Crippen molar-refractivity contribution in [3.63, 3.8) is 0 Å². The second-order valence-electron chi connectivity index (χ2n) is 4.03. The fraction of sp³-hybridized carbons (Fsp3) is 0.385. The molecule has 1 unspecified atom stereocenters. The zero-order valence-corrected chi connectivity index (χ0v) is 12.1. The van der Waals surface area contributed by atoms with Crippen molar-refractivity contribution in [1.82, 2.24) is 0 Å². The summed E-state index contributed by atoms with van der Waals surface area (Å²) >= 11 is 0. The van der Waals surface area contributed by atoms with Crippen LogP contribution in [0.1, 0.15) is 19.4 Å². The van der Waals surface area contributed by atoms with Gasteiger partial charge in [-0.15, -0.1) is 0 Å². The molecule has 6 nitrogen and oxygen atoms in total. The molecule has 20 heavy (non-hydrogen) atoms. The van der Waals surface area contributed by atoms with Crippen LogP contribution in [-0.2, 0) is 34.4 Å². The predicted molar refractivity (Wildman–Crippen MR) is 71.3 cm³/mol. The Hall–Kier alpha value is -1.73. The summed E-state index contributed by atoms with van der Waals surface area (Å²) in [7, 11) is -4.06. The molecule has 1 aromatic rings. The second-order valence-corrected chi connectivity index (χ2v) is 5.62. The highest BCUT2D eigenvalue weighted by Gasteiger charge is 2.31. The van der Waals surface area contributed by atoms with Gasteiger partial charge in [0.2, 0.25) is 6.10 Å². The Morgan fingerprint density at radius 3 is 2.30 bits per heavy atom. The molecule has 1 atom stereocenters. The number of ketones is 1. The first-order valence-corrected chi connectivity index (χ1v) is 7.55. The van der Waals surface area contributed by atoms with E-state index in [1.54, 1.807) is 37.3 Å². The zero-order chi connectivity index (χ0) is 15.2. The Morgan fingerprint density at radius 2 is 1.80 bits per heavy atom. The molecule has 0 aliphatic carbocycles. The molecule has 0 aromatic heterocycles. The van der Waals surface area contributed by atoms with Crippen LogP contribution < -0.4 is 0 Å². The summed E-state index contributed by atoms with van der Waals surface area (Å²) in [6.07, 6.45) is -1.75. The Balaban J connectivity index is 2.82. The van der Waals surface area contributed by atoms with Crippen LogP contribution in [0.3, 0.4) is 0 Å². The molecule has 0 spiro atoms. The van der Waals surface area contributed by atoms with Crippen molar-refractivity contribution in [3.8, 4) is 0 Å². The van der Waals surface area contributed by atoms with Crippen molar-refractivity contribution >= 4 is 21.9 Å². The molecule has 7 heteroatoms. The van der Waals surface area contributed by atoms with Crippen LogP contribution in [-0.4, -0.2) is 32.9 Å². The molecule has 0 N–H and O–H groups in total. The number of ether oxygens (including phenoxy) is 1. The summed E-state index contributed by atoms with van der Waals surface area (Å²) in [5, 5.41) is 0. The molecule has 1 aromatic carbocycles. The first kappa shape index (κ1) is 16.3. The standard InChI is InChI=1S/C13H16O6S/c1-3-18-13(15)12(10(2)14)19-20(16,17)9-11-7-5-4-6-8-11/h4-8,12H,3,9H2,1-2H3. The maximum Gasteiger partial charge on any atom is 0.344 e. The van der Waals surface area contributed by atoms with Gasteiger partial charge in [0.1, 0.15) is 5.75 Å². The van der Waals surface area contributed by atoms with Crippen LogP contribution in [0.5, 0.6) is 0 Å². The van der Waals surface area contributed by atoms with Gasteiger partial charge in [0, 0.05) is 0 Å². The molecule has 110 valence electrons. The van der Waals surface area contributed by atoms with Crippen molar-refractivity contribution < 1.29 is 26.9 Å². The monoisotopic (exact) mass is 300 g/mol. The molecule has 0 fully saturated rings. The average Bonchev–Trinajstić information content (AvgIpc) is 2.36. The van der Waals surface area contributed by atoms with Crippen LogP contribution in [0, 0.1) is 0 Å². The molecular weight excluding hydrogens is 284 g/mol. The van der Waals surface area contributed by atoms with E-state index in [2.05, 4.69) is 8.92 Å². The minimum atomic E-state index is -4.06. The molecule has 0 aliphatic heterocycles. The van der Waals surface area contributed by atoms with Gasteiger partial charge in [-0.3, -0.25) is 4.79 Å². The van der Waals surface area contributed by atoms with Gasteiger partial charge in [-0.1, -0.05) is 30.3 Å². The van der Waals surface area contributed by atoms with Gasteiger partial charge in [0.25, 0.3) is 10.1 Å². The summed E-state index contributed by atoms with van der Waals surface area (Å²) in [5.41, 5.74) is 0.499. The molecule has 1 rings (SSSR count). The number of benzene rings is 1. The lowest BCUT2D eigenvalue weighted by molar-refractivity contribution is -0.154. The Bertz CT molecular complexity index is 564. The van der Waals surface area contributed by atoms with Crippen molar-refractivity contribution in [3.05, 3.63) is 35.9 Å². The van der Waals surface area contributed by atoms with E-state index < -0.39 is 33.7 Å². The second kappa shape index (κ2) is 7.16. The predicted octanol–water partition coefficient (Wildman–Crippen LogP) is 1.05. The highest BCUT2D eigenvalue weighted by molar-refractivity contribution is 7.86. The maximum absolute atomic E-state index is 11.8. The smallest absolute Gasteiger partial charge is 0.344 e. The van der Waals surface area contributed by atoms with E-state index >= 15 is 0 Å². The summed E-state index contributed by atoms with van der Waals surface area (Å²) in [5.74, 6) is -2.14. The summed E-state index contributed by atoms with van der Waals surface area (Å²) < 4.78 is 33.0. The van der Waals surface area contributed by atoms with E-state index in [1.807, 2.05) is 0 Å². The van der Waals surface area contributed by atoms with Crippen LogP contribution >= 0.6 is 0 Å². The summed E-state index contributed by atoms with van der Waals surface area (Å²) in [6.45, 7) is 2.65. The molecule has 0 bridgehead atoms. The van der Waals surface area contributed by atoms with Crippen LogP contribution in [0.15, 0.2) is 30.3 Å². The number of Topliss-reactive ketones (excluding diaryl/α,β-unsaturated/α-hetero) is 1. The number of hydrogen-bond acceptors (Lipinski definition) is 6. The molecular formula is C13H16O6S. The van der Waals surface area contributed by atoms with Gasteiger partial charge in [-0.05, 0) is 19.4 Å². The highest BCUT2D eigenvalue weighted by atomic mass is 32.2. The number of hydrogen-bond donors (Lipinski definition) is 0. The molecule has 0 amide bonds. The van der Waals surface area contributed by atoms with E-state index in [-0.39, 0.29) is 6.61 Å². The van der Waals surface area contributed by atoms with Gasteiger partial charge < -0.3 is 4.74 Å². The maximum atomic E-state index is 11.8. The van der Waals surface area contributed by atoms with Crippen molar-refractivity contribution in [2.24, 2.45) is 0 Å². The van der Waals surface area contributed by atoms with E-state index in [4.69, 9.17) is 0 Å². The van der Waals surface area contributed by atoms with Crippen LogP contribution in [0.25, 0.3) is 0 Å². The Morgan fingerprint density at radius 1 is 1.20 bits per heavy atom. The Labute approximate surface area is 117 Å². The number of carbonyl (C=O) groups excluding carboxylic acids is 2. The van der Waals surface area contributed by atoms with E-state index in [0.29, 0.717) is 5.56 Å². The quantitative estimate of drug-likeness (QED) is 0.425. The third kappa shape index (κ3) is 5.10. The summed E-state index contributed by atoms with van der Waals surface area (Å²) in [4.78, 5) is 22.8. The lowest BCUT2D eigenvalue weighted by atomic mass is 10.2. The molecule has 0 saturated heterocycles. The fourth-order valence-electron chi connectivity index (χ4n) is 1.45. The van der Waals surface area contributed by atoms with E-state index in [1.165, 1.54) is 0 Å². The minimum absolute atomic E-state index is 0.0324. The minimum Gasteiger partial charge on any atom is -0.464 e. The lowest BCUT2D eigenvalue weighted by Gasteiger charge is -2.13. The average molecular weight is 300 g/mol. The largest absolute Gasteiger partial charge is 0.464 e. The van der Waals surface area contributed by atoms with Crippen LogP contribution in [0.2, 0.25) is 0 Å². The first-order valence-electron chi connectivity index (χ1n) is 5.97. The normalized spacial score (nSPS) is 12.7. The SMILES string of the molecule is CCOC(=O)C(OS(=O)(=O)Cc1ccccc1)C(C)=O. The van der Waals surface area contributed by atoms with E-state index in [0.717, 1.165) is 6.92 Å².